The van der Waals surface area contributed by atoms with Crippen molar-refractivity contribution in [2.45, 2.75) is 26.8 Å². The maximum atomic E-state index is 12.5. The minimum atomic E-state index is -0.139. The Kier molecular flexibility index (Phi) is 6.70. The molecule has 0 spiro atoms. The maximum Gasteiger partial charge on any atom is 0.255 e. The van der Waals surface area contributed by atoms with Gasteiger partial charge in [-0.1, -0.05) is 23.7 Å². The summed E-state index contributed by atoms with van der Waals surface area (Å²) in [6, 6.07) is 13.1. The highest BCUT2D eigenvalue weighted by Crippen LogP contribution is 2.20. The summed E-state index contributed by atoms with van der Waals surface area (Å²) in [5.41, 5.74) is 3.44. The molecule has 1 fully saturated rings. The van der Waals surface area contributed by atoms with Gasteiger partial charge in [0, 0.05) is 55.9 Å². The summed E-state index contributed by atoms with van der Waals surface area (Å²) in [7, 11) is 0. The third kappa shape index (κ3) is 5.33. The van der Waals surface area contributed by atoms with Gasteiger partial charge >= 0.3 is 0 Å². The molecule has 1 saturated heterocycles. The molecule has 148 valence electrons. The van der Waals surface area contributed by atoms with E-state index in [0.29, 0.717) is 10.6 Å². The lowest BCUT2D eigenvalue weighted by Gasteiger charge is -2.21. The lowest BCUT2D eigenvalue weighted by atomic mass is 10.1. The molecule has 28 heavy (non-hydrogen) atoms. The Morgan fingerprint density at radius 2 is 1.79 bits per heavy atom. The maximum absolute atomic E-state index is 12.5. The fraction of sp³-hybridized carbons (Fsp3) is 0.364. The SMILES string of the molecule is CC(=O)N1CCCN(Cc2ccc(C(=O)Nc3ccc(Cl)c(C)c3)cc2)CC1. The largest absolute Gasteiger partial charge is 0.342 e. The molecule has 6 heteroatoms. The Morgan fingerprint density at radius 3 is 2.46 bits per heavy atom. The first-order valence-electron chi connectivity index (χ1n) is 9.56. The molecule has 0 saturated carbocycles. The summed E-state index contributed by atoms with van der Waals surface area (Å²) in [6.45, 7) is 7.81. The van der Waals surface area contributed by atoms with E-state index in [1.165, 1.54) is 0 Å². The second-order valence-corrected chi connectivity index (χ2v) is 7.66. The van der Waals surface area contributed by atoms with E-state index in [2.05, 4.69) is 10.2 Å². The van der Waals surface area contributed by atoms with Crippen LogP contribution in [-0.2, 0) is 11.3 Å². The van der Waals surface area contributed by atoms with Gasteiger partial charge in [-0.2, -0.15) is 0 Å². The highest BCUT2D eigenvalue weighted by molar-refractivity contribution is 6.31. The molecule has 2 aromatic rings. The normalized spacial score (nSPS) is 15.2. The average Bonchev–Trinajstić information content (AvgIpc) is 2.91. The third-order valence-corrected chi connectivity index (χ3v) is 5.50. The van der Waals surface area contributed by atoms with Gasteiger partial charge in [-0.25, -0.2) is 0 Å². The lowest BCUT2D eigenvalue weighted by molar-refractivity contribution is -0.128. The van der Waals surface area contributed by atoms with E-state index >= 15 is 0 Å². The molecule has 0 aromatic heterocycles. The second kappa shape index (κ2) is 9.22. The van der Waals surface area contributed by atoms with Crippen LogP contribution in [0.5, 0.6) is 0 Å². The van der Waals surface area contributed by atoms with Gasteiger partial charge in [-0.05, 0) is 54.8 Å². The van der Waals surface area contributed by atoms with Gasteiger partial charge in [0.25, 0.3) is 5.91 Å². The Balaban J connectivity index is 1.57. The molecule has 0 unspecified atom stereocenters. The van der Waals surface area contributed by atoms with Gasteiger partial charge in [0.05, 0.1) is 0 Å². The number of halogens is 1. The number of carbonyl (C=O) groups excluding carboxylic acids is 2. The van der Waals surface area contributed by atoms with Gasteiger partial charge < -0.3 is 10.2 Å². The number of anilines is 1. The Morgan fingerprint density at radius 1 is 1.04 bits per heavy atom. The number of nitrogens with zero attached hydrogens (tertiary/aromatic N) is 2. The fourth-order valence-electron chi connectivity index (χ4n) is 3.39. The predicted molar refractivity (Wildman–Crippen MR) is 113 cm³/mol. The van der Waals surface area contributed by atoms with Gasteiger partial charge in [0.2, 0.25) is 5.91 Å². The molecule has 2 aromatic carbocycles. The molecular formula is C22H26ClN3O2. The number of nitrogens with one attached hydrogen (secondary N) is 1. The van der Waals surface area contributed by atoms with Crippen LogP contribution in [0.4, 0.5) is 5.69 Å². The van der Waals surface area contributed by atoms with Crippen LogP contribution >= 0.6 is 11.6 Å². The molecule has 1 aliphatic heterocycles. The number of amides is 2. The van der Waals surface area contributed by atoms with E-state index in [9.17, 15) is 9.59 Å². The van der Waals surface area contributed by atoms with Crippen molar-refractivity contribution in [3.63, 3.8) is 0 Å². The van der Waals surface area contributed by atoms with Crippen molar-refractivity contribution in [1.82, 2.24) is 9.80 Å². The Bertz CT molecular complexity index is 851. The smallest absolute Gasteiger partial charge is 0.255 e. The summed E-state index contributed by atoms with van der Waals surface area (Å²) in [6.07, 6.45) is 0.987. The van der Waals surface area contributed by atoms with Crippen LogP contribution in [-0.4, -0.2) is 47.8 Å². The minimum Gasteiger partial charge on any atom is -0.342 e. The highest BCUT2D eigenvalue weighted by atomic mass is 35.5. The molecule has 0 bridgehead atoms. The van der Waals surface area contributed by atoms with Crippen LogP contribution in [0.2, 0.25) is 5.02 Å². The van der Waals surface area contributed by atoms with Crippen LogP contribution in [0.15, 0.2) is 42.5 Å². The molecule has 0 aliphatic carbocycles. The number of aryl methyl sites for hydroxylation is 1. The number of rotatable bonds is 4. The molecule has 1 aliphatic rings. The molecule has 5 nitrogen and oxygen atoms in total. The highest BCUT2D eigenvalue weighted by Gasteiger charge is 2.16. The molecule has 0 atom stereocenters. The molecule has 3 rings (SSSR count). The first-order chi connectivity index (χ1) is 13.4. The predicted octanol–water partition coefficient (Wildman–Crippen LogP) is 3.95. The zero-order valence-electron chi connectivity index (χ0n) is 16.4. The van der Waals surface area contributed by atoms with Crippen molar-refractivity contribution in [1.29, 1.82) is 0 Å². The van der Waals surface area contributed by atoms with E-state index in [4.69, 9.17) is 11.6 Å². The van der Waals surface area contributed by atoms with Gasteiger partial charge in [-0.15, -0.1) is 0 Å². The zero-order chi connectivity index (χ0) is 20.1. The number of benzene rings is 2. The second-order valence-electron chi connectivity index (χ2n) is 7.25. The van der Waals surface area contributed by atoms with E-state index in [-0.39, 0.29) is 11.8 Å². The van der Waals surface area contributed by atoms with E-state index in [1.807, 2.05) is 42.2 Å². The van der Waals surface area contributed by atoms with E-state index < -0.39 is 0 Å². The van der Waals surface area contributed by atoms with Crippen LogP contribution in [0, 0.1) is 6.92 Å². The van der Waals surface area contributed by atoms with Crippen molar-refractivity contribution in [3.05, 3.63) is 64.2 Å². The topological polar surface area (TPSA) is 52.7 Å². The van der Waals surface area contributed by atoms with Crippen molar-refractivity contribution in [3.8, 4) is 0 Å². The van der Waals surface area contributed by atoms with Crippen molar-refractivity contribution < 1.29 is 9.59 Å². The van der Waals surface area contributed by atoms with Gasteiger partial charge in [-0.3, -0.25) is 14.5 Å². The summed E-state index contributed by atoms with van der Waals surface area (Å²) in [5, 5.41) is 3.59. The minimum absolute atomic E-state index is 0.139. The summed E-state index contributed by atoms with van der Waals surface area (Å²) < 4.78 is 0. The van der Waals surface area contributed by atoms with Gasteiger partial charge in [0.15, 0.2) is 0 Å². The summed E-state index contributed by atoms with van der Waals surface area (Å²) in [4.78, 5) is 28.3. The standard InChI is InChI=1S/C22H26ClN3O2/c1-16-14-20(8-9-21(16)23)24-22(28)19-6-4-18(5-7-19)15-25-10-3-11-26(13-12-25)17(2)27/h4-9,14H,3,10-13,15H2,1-2H3,(H,24,28). The number of carbonyl (C=O) groups is 2. The quantitative estimate of drug-likeness (QED) is 0.846. The monoisotopic (exact) mass is 399 g/mol. The molecule has 1 N–H and O–H groups in total. The van der Waals surface area contributed by atoms with Crippen molar-refractivity contribution >= 4 is 29.1 Å². The van der Waals surface area contributed by atoms with Crippen LogP contribution < -0.4 is 5.32 Å². The molecular weight excluding hydrogens is 374 g/mol. The molecule has 2 amide bonds. The van der Waals surface area contributed by atoms with Crippen LogP contribution in [0.1, 0.15) is 34.8 Å². The van der Waals surface area contributed by atoms with Crippen molar-refractivity contribution in [2.75, 3.05) is 31.5 Å². The van der Waals surface area contributed by atoms with E-state index in [1.54, 1.807) is 19.1 Å². The fourth-order valence-corrected chi connectivity index (χ4v) is 3.51. The van der Waals surface area contributed by atoms with Crippen LogP contribution in [0.3, 0.4) is 0 Å². The third-order valence-electron chi connectivity index (χ3n) is 5.07. The number of hydrogen-bond donors (Lipinski definition) is 1. The Hall–Kier alpha value is -2.37. The first-order valence-corrected chi connectivity index (χ1v) is 9.94. The molecule has 1 heterocycles. The Labute approximate surface area is 171 Å². The summed E-state index contributed by atoms with van der Waals surface area (Å²) >= 11 is 6.03. The van der Waals surface area contributed by atoms with Crippen molar-refractivity contribution in [2.24, 2.45) is 0 Å². The number of hydrogen-bond acceptors (Lipinski definition) is 3. The van der Waals surface area contributed by atoms with E-state index in [0.717, 1.165) is 56.0 Å². The molecule has 0 radical (unpaired) electrons. The average molecular weight is 400 g/mol. The van der Waals surface area contributed by atoms with Crippen LogP contribution in [0.25, 0.3) is 0 Å². The lowest BCUT2D eigenvalue weighted by Crippen LogP contribution is -2.33. The van der Waals surface area contributed by atoms with Gasteiger partial charge in [0.1, 0.15) is 0 Å². The zero-order valence-corrected chi connectivity index (χ0v) is 17.1. The first kappa shape index (κ1) is 20.4. The summed E-state index contributed by atoms with van der Waals surface area (Å²) in [5.74, 6) is 0.00763.